The van der Waals surface area contributed by atoms with Crippen molar-refractivity contribution in [2.45, 2.75) is 45.4 Å². The molecule has 0 radical (unpaired) electrons. The van der Waals surface area contributed by atoms with E-state index in [9.17, 15) is 0 Å². The molecular formula is C17H24BrN. The van der Waals surface area contributed by atoms with Crippen molar-refractivity contribution in [3.63, 3.8) is 0 Å². The quantitative estimate of drug-likeness (QED) is 0.438. The number of hydrogen-bond donors (Lipinski definition) is 0. The van der Waals surface area contributed by atoms with Gasteiger partial charge in [-0.3, -0.25) is 0 Å². The molecule has 0 saturated carbocycles. The standard InChI is InChI=1S/C17H24N.BrH/c1-5-6-7-10-13-18-14(2)17(3,4)15-11-8-9-12-16(15)18;/h5,8-9,11-12H,1,6-7,10,13H2,2-4H3;1H/q+1;/p-1. The summed E-state index contributed by atoms with van der Waals surface area (Å²) in [6, 6.07) is 8.81. The van der Waals surface area contributed by atoms with Gasteiger partial charge in [-0.25, -0.2) is 0 Å². The van der Waals surface area contributed by atoms with Crippen LogP contribution in [0.2, 0.25) is 0 Å². The van der Waals surface area contributed by atoms with E-state index in [2.05, 4.69) is 56.2 Å². The fourth-order valence-corrected chi connectivity index (χ4v) is 2.80. The Morgan fingerprint density at radius 2 is 1.89 bits per heavy atom. The highest BCUT2D eigenvalue weighted by molar-refractivity contribution is 5.93. The number of fused-ring (bicyclic) bond motifs is 1. The predicted octanol–water partition coefficient (Wildman–Crippen LogP) is 1.44. The average molecular weight is 322 g/mol. The molecule has 0 spiro atoms. The van der Waals surface area contributed by atoms with Crippen LogP contribution in [0.15, 0.2) is 36.9 Å². The van der Waals surface area contributed by atoms with E-state index >= 15 is 0 Å². The lowest BCUT2D eigenvalue weighted by Gasteiger charge is -2.14. The van der Waals surface area contributed by atoms with Crippen LogP contribution in [0.4, 0.5) is 5.69 Å². The molecule has 0 unspecified atom stereocenters. The van der Waals surface area contributed by atoms with Gasteiger partial charge in [-0.15, -0.1) is 6.58 Å². The summed E-state index contributed by atoms with van der Waals surface area (Å²) in [5, 5.41) is 0. The van der Waals surface area contributed by atoms with Gasteiger partial charge >= 0.3 is 0 Å². The van der Waals surface area contributed by atoms with Crippen LogP contribution in [-0.2, 0) is 5.41 Å². The van der Waals surface area contributed by atoms with E-state index < -0.39 is 0 Å². The van der Waals surface area contributed by atoms with E-state index in [1.54, 1.807) is 0 Å². The van der Waals surface area contributed by atoms with Crippen molar-refractivity contribution in [2.24, 2.45) is 0 Å². The highest BCUT2D eigenvalue weighted by Crippen LogP contribution is 2.39. The molecule has 0 aliphatic carbocycles. The van der Waals surface area contributed by atoms with Crippen LogP contribution in [0.3, 0.4) is 0 Å². The molecule has 1 heterocycles. The van der Waals surface area contributed by atoms with Crippen molar-refractivity contribution in [3.05, 3.63) is 42.5 Å². The summed E-state index contributed by atoms with van der Waals surface area (Å²) >= 11 is 0. The van der Waals surface area contributed by atoms with Gasteiger partial charge in [-0.1, -0.05) is 24.3 Å². The van der Waals surface area contributed by atoms with Gasteiger partial charge in [0.1, 0.15) is 6.54 Å². The molecule has 0 amide bonds. The van der Waals surface area contributed by atoms with Crippen molar-refractivity contribution in [2.75, 3.05) is 6.54 Å². The first-order chi connectivity index (χ1) is 8.59. The third-order valence-corrected chi connectivity index (χ3v) is 4.22. The Morgan fingerprint density at radius 1 is 1.21 bits per heavy atom. The zero-order valence-corrected chi connectivity index (χ0v) is 13.8. The molecule has 1 aliphatic heterocycles. The maximum Gasteiger partial charge on any atom is 0.209 e. The van der Waals surface area contributed by atoms with Gasteiger partial charge in [0, 0.05) is 25.0 Å². The first-order valence-electron chi connectivity index (χ1n) is 6.91. The maximum absolute atomic E-state index is 3.79. The molecule has 0 saturated heterocycles. The minimum Gasteiger partial charge on any atom is -1.00 e. The van der Waals surface area contributed by atoms with E-state index in [4.69, 9.17) is 0 Å². The summed E-state index contributed by atoms with van der Waals surface area (Å²) in [6.45, 7) is 11.8. The molecule has 2 rings (SSSR count). The molecule has 0 bridgehead atoms. The van der Waals surface area contributed by atoms with Crippen molar-refractivity contribution in [1.29, 1.82) is 0 Å². The predicted molar refractivity (Wildman–Crippen MR) is 79.0 cm³/mol. The van der Waals surface area contributed by atoms with Crippen LogP contribution < -0.4 is 17.0 Å². The SMILES string of the molecule is C=CCCCC[N+]1=C(C)C(C)(C)c2ccccc21.[Br-]. The largest absolute Gasteiger partial charge is 1.00 e. The van der Waals surface area contributed by atoms with Gasteiger partial charge in [0.05, 0.1) is 5.41 Å². The highest BCUT2D eigenvalue weighted by atomic mass is 79.9. The Hall–Kier alpha value is -0.890. The van der Waals surface area contributed by atoms with Crippen molar-refractivity contribution < 1.29 is 21.6 Å². The van der Waals surface area contributed by atoms with Gasteiger partial charge in [0.2, 0.25) is 5.69 Å². The van der Waals surface area contributed by atoms with Crippen LogP contribution in [0.25, 0.3) is 0 Å². The molecule has 19 heavy (non-hydrogen) atoms. The van der Waals surface area contributed by atoms with Crippen molar-refractivity contribution in [1.82, 2.24) is 0 Å². The molecule has 1 aromatic carbocycles. The Morgan fingerprint density at radius 3 is 2.58 bits per heavy atom. The fraction of sp³-hybridized carbons (Fsp3) is 0.471. The number of rotatable bonds is 5. The molecule has 0 fully saturated rings. The van der Waals surface area contributed by atoms with Crippen molar-refractivity contribution in [3.8, 4) is 0 Å². The second-order valence-corrected chi connectivity index (χ2v) is 5.66. The lowest BCUT2D eigenvalue weighted by molar-refractivity contribution is -0.439. The topological polar surface area (TPSA) is 3.01 Å². The second-order valence-electron chi connectivity index (χ2n) is 5.66. The van der Waals surface area contributed by atoms with Crippen LogP contribution in [-0.4, -0.2) is 16.8 Å². The Balaban J connectivity index is 0.00000180. The van der Waals surface area contributed by atoms with Gasteiger partial charge in [0.15, 0.2) is 5.71 Å². The van der Waals surface area contributed by atoms with E-state index in [1.165, 1.54) is 29.8 Å². The number of allylic oxidation sites excluding steroid dienone is 1. The third kappa shape index (κ3) is 3.00. The molecule has 1 aromatic rings. The fourth-order valence-electron chi connectivity index (χ4n) is 2.80. The molecule has 0 N–H and O–H groups in total. The number of nitrogens with zero attached hydrogens (tertiary/aromatic N) is 1. The van der Waals surface area contributed by atoms with E-state index in [-0.39, 0.29) is 22.4 Å². The summed E-state index contributed by atoms with van der Waals surface area (Å²) in [5.74, 6) is 0. The number of hydrogen-bond acceptors (Lipinski definition) is 0. The van der Waals surface area contributed by atoms with E-state index in [0.717, 1.165) is 13.0 Å². The summed E-state index contributed by atoms with van der Waals surface area (Å²) in [5.41, 5.74) is 4.52. The first kappa shape index (κ1) is 16.2. The monoisotopic (exact) mass is 321 g/mol. The summed E-state index contributed by atoms with van der Waals surface area (Å²) < 4.78 is 2.50. The van der Waals surface area contributed by atoms with Gasteiger partial charge in [-0.05, 0) is 26.7 Å². The van der Waals surface area contributed by atoms with Gasteiger partial charge in [0.25, 0.3) is 0 Å². The second kappa shape index (κ2) is 6.51. The van der Waals surface area contributed by atoms with Gasteiger partial charge < -0.3 is 17.0 Å². The van der Waals surface area contributed by atoms with E-state index in [1.807, 2.05) is 6.08 Å². The smallest absolute Gasteiger partial charge is 0.209 e. The Labute approximate surface area is 127 Å². The van der Waals surface area contributed by atoms with Crippen LogP contribution in [0.1, 0.15) is 45.6 Å². The van der Waals surface area contributed by atoms with Gasteiger partial charge in [-0.2, -0.15) is 4.58 Å². The molecule has 2 heteroatoms. The lowest BCUT2D eigenvalue weighted by Crippen LogP contribution is -3.00. The van der Waals surface area contributed by atoms with Crippen LogP contribution >= 0.6 is 0 Å². The number of benzene rings is 1. The van der Waals surface area contributed by atoms with Crippen LogP contribution in [0.5, 0.6) is 0 Å². The summed E-state index contributed by atoms with van der Waals surface area (Å²) in [7, 11) is 0. The molecule has 104 valence electrons. The number of unbranched alkanes of at least 4 members (excludes halogenated alkanes) is 2. The lowest BCUT2D eigenvalue weighted by atomic mass is 9.82. The van der Waals surface area contributed by atoms with E-state index in [0.29, 0.717) is 0 Å². The summed E-state index contributed by atoms with van der Waals surface area (Å²) in [6.07, 6.45) is 5.60. The normalized spacial score (nSPS) is 15.9. The highest BCUT2D eigenvalue weighted by Gasteiger charge is 2.42. The minimum atomic E-state index is 0. The zero-order valence-electron chi connectivity index (χ0n) is 12.2. The molecule has 0 aromatic heterocycles. The minimum absolute atomic E-state index is 0. The third-order valence-electron chi connectivity index (χ3n) is 4.22. The Kier molecular flexibility index (Phi) is 5.54. The van der Waals surface area contributed by atoms with Crippen LogP contribution in [0, 0.1) is 0 Å². The Bertz CT molecular complexity index is 486. The molecule has 0 atom stereocenters. The number of halogens is 1. The molecule has 1 nitrogen and oxygen atoms in total. The molecule has 1 aliphatic rings. The molecular weight excluding hydrogens is 298 g/mol. The average Bonchev–Trinajstić information content (AvgIpc) is 2.56. The first-order valence-corrected chi connectivity index (χ1v) is 6.91. The van der Waals surface area contributed by atoms with Crippen molar-refractivity contribution >= 4 is 11.4 Å². The maximum atomic E-state index is 3.79. The summed E-state index contributed by atoms with van der Waals surface area (Å²) in [4.78, 5) is 0. The zero-order chi connectivity index (χ0) is 13.2. The number of para-hydroxylation sites is 1.